The van der Waals surface area contributed by atoms with Crippen molar-refractivity contribution in [1.82, 2.24) is 19.6 Å². The van der Waals surface area contributed by atoms with Crippen LogP contribution in [0, 0.1) is 5.92 Å². The minimum atomic E-state index is -0.535. The molecule has 0 bridgehead atoms. The Bertz CT molecular complexity index is 573. The number of piperidine rings is 1. The first-order valence-corrected chi connectivity index (χ1v) is 10.3. The molecule has 2 aliphatic rings. The molecule has 0 aromatic heterocycles. The Morgan fingerprint density at radius 2 is 1.64 bits per heavy atom. The van der Waals surface area contributed by atoms with Gasteiger partial charge in [-0.15, -0.1) is 0 Å². The first-order chi connectivity index (χ1) is 13.1. The maximum absolute atomic E-state index is 13.0. The number of hydrogen-bond donors (Lipinski definition) is 0. The molecule has 2 rings (SSSR count). The number of hydrogen-bond acceptors (Lipinski definition) is 5. The zero-order valence-corrected chi connectivity index (χ0v) is 18.1. The van der Waals surface area contributed by atoms with Gasteiger partial charge in [0.1, 0.15) is 5.60 Å². The zero-order valence-electron chi connectivity index (χ0n) is 18.1. The summed E-state index contributed by atoms with van der Waals surface area (Å²) in [6.07, 6.45) is 2.13. The number of likely N-dealkylation sites (N-methyl/N-ethyl adjacent to an activating group) is 1. The van der Waals surface area contributed by atoms with Crippen LogP contribution in [0.5, 0.6) is 0 Å². The minimum Gasteiger partial charge on any atom is -0.444 e. The highest BCUT2D eigenvalue weighted by atomic mass is 16.6. The van der Waals surface area contributed by atoms with Crippen LogP contribution in [0.1, 0.15) is 40.0 Å². The second-order valence-electron chi connectivity index (χ2n) is 9.01. The summed E-state index contributed by atoms with van der Waals surface area (Å²) in [5, 5.41) is 0. The Labute approximate surface area is 168 Å². The lowest BCUT2D eigenvalue weighted by atomic mass is 9.96. The highest BCUT2D eigenvalue weighted by molar-refractivity contribution is 5.80. The normalized spacial score (nSPS) is 21.8. The van der Waals surface area contributed by atoms with Gasteiger partial charge in [0.25, 0.3) is 0 Å². The van der Waals surface area contributed by atoms with Gasteiger partial charge in [0.05, 0.1) is 12.5 Å². The third-order valence-electron chi connectivity index (χ3n) is 5.18. The summed E-state index contributed by atoms with van der Waals surface area (Å²) in [5.74, 6) is 0.0327. The van der Waals surface area contributed by atoms with Crippen molar-refractivity contribution in [1.29, 1.82) is 0 Å². The average molecular weight is 397 g/mol. The van der Waals surface area contributed by atoms with E-state index in [4.69, 9.17) is 4.74 Å². The monoisotopic (exact) mass is 396 g/mol. The number of carbonyl (C=O) groups excluding carboxylic acids is 3. The van der Waals surface area contributed by atoms with Crippen molar-refractivity contribution < 1.29 is 19.1 Å². The number of likely N-dealkylation sites (tertiary alicyclic amines) is 1. The van der Waals surface area contributed by atoms with Gasteiger partial charge in [0.2, 0.25) is 11.8 Å². The summed E-state index contributed by atoms with van der Waals surface area (Å²) in [4.78, 5) is 44.6. The fourth-order valence-electron chi connectivity index (χ4n) is 3.61. The molecule has 8 nitrogen and oxygen atoms in total. The lowest BCUT2D eigenvalue weighted by Crippen LogP contribution is -2.48. The van der Waals surface area contributed by atoms with Crippen LogP contribution < -0.4 is 0 Å². The molecular formula is C20H36N4O4. The molecule has 0 aromatic rings. The van der Waals surface area contributed by atoms with Gasteiger partial charge in [0.15, 0.2) is 0 Å². The highest BCUT2D eigenvalue weighted by Crippen LogP contribution is 2.22. The van der Waals surface area contributed by atoms with Crippen molar-refractivity contribution in [2.75, 3.05) is 59.9 Å². The third-order valence-corrected chi connectivity index (χ3v) is 5.18. The first kappa shape index (κ1) is 22.5. The second kappa shape index (κ2) is 9.58. The predicted molar refractivity (Wildman–Crippen MR) is 107 cm³/mol. The van der Waals surface area contributed by atoms with Crippen molar-refractivity contribution >= 4 is 17.9 Å². The van der Waals surface area contributed by atoms with E-state index in [1.807, 2.05) is 25.7 Å². The molecule has 0 N–H and O–H groups in total. The third kappa shape index (κ3) is 6.65. The van der Waals surface area contributed by atoms with E-state index in [2.05, 4.69) is 4.90 Å². The molecule has 1 atom stereocenters. The molecule has 2 saturated heterocycles. The summed E-state index contributed by atoms with van der Waals surface area (Å²) in [5.41, 5.74) is -0.535. The topological polar surface area (TPSA) is 73.4 Å². The fraction of sp³-hybridized carbons (Fsp3) is 0.850. The van der Waals surface area contributed by atoms with E-state index in [0.717, 1.165) is 25.8 Å². The molecule has 2 aliphatic heterocycles. The number of amides is 3. The quantitative estimate of drug-likeness (QED) is 0.718. The minimum absolute atomic E-state index is 0.0834. The molecule has 28 heavy (non-hydrogen) atoms. The van der Waals surface area contributed by atoms with E-state index < -0.39 is 5.60 Å². The van der Waals surface area contributed by atoms with Gasteiger partial charge in [-0.2, -0.15) is 0 Å². The van der Waals surface area contributed by atoms with Crippen LogP contribution >= 0.6 is 0 Å². The van der Waals surface area contributed by atoms with Crippen LogP contribution in [-0.4, -0.2) is 103 Å². The van der Waals surface area contributed by atoms with E-state index in [-0.39, 0.29) is 23.8 Å². The summed E-state index contributed by atoms with van der Waals surface area (Å²) in [7, 11) is 3.52. The molecule has 0 radical (unpaired) electrons. The Kier molecular flexibility index (Phi) is 7.69. The van der Waals surface area contributed by atoms with Crippen LogP contribution in [0.2, 0.25) is 0 Å². The van der Waals surface area contributed by atoms with E-state index in [0.29, 0.717) is 39.3 Å². The van der Waals surface area contributed by atoms with Crippen LogP contribution in [-0.2, 0) is 14.3 Å². The smallest absolute Gasteiger partial charge is 0.410 e. The van der Waals surface area contributed by atoms with Crippen LogP contribution in [0.25, 0.3) is 0 Å². The summed E-state index contributed by atoms with van der Waals surface area (Å²) >= 11 is 0. The Morgan fingerprint density at radius 1 is 0.964 bits per heavy atom. The van der Waals surface area contributed by atoms with Crippen molar-refractivity contribution in [3.63, 3.8) is 0 Å². The standard InChI is InChI=1S/C20H36N4O4/c1-20(2,3)28-19(27)24-10-6-8-16(14-24)18(26)23-11-7-9-22(12-13-23)15-17(25)21(4)5/h16H,6-15H2,1-5H3. The van der Waals surface area contributed by atoms with Crippen LogP contribution in [0.15, 0.2) is 0 Å². The van der Waals surface area contributed by atoms with Crippen molar-refractivity contribution in [2.45, 2.75) is 45.6 Å². The van der Waals surface area contributed by atoms with Crippen LogP contribution in [0.3, 0.4) is 0 Å². The largest absolute Gasteiger partial charge is 0.444 e. The van der Waals surface area contributed by atoms with Gasteiger partial charge in [0, 0.05) is 53.4 Å². The lowest BCUT2D eigenvalue weighted by Gasteiger charge is -2.35. The molecule has 0 aromatic carbocycles. The number of ether oxygens (including phenoxy) is 1. The maximum Gasteiger partial charge on any atom is 0.410 e. The molecule has 0 aliphatic carbocycles. The van der Waals surface area contributed by atoms with E-state index in [9.17, 15) is 14.4 Å². The van der Waals surface area contributed by atoms with Crippen molar-refractivity contribution in [3.05, 3.63) is 0 Å². The molecule has 0 spiro atoms. The number of nitrogens with zero attached hydrogens (tertiary/aromatic N) is 4. The molecule has 0 saturated carbocycles. The van der Waals surface area contributed by atoms with Gasteiger partial charge < -0.3 is 19.4 Å². The fourth-order valence-corrected chi connectivity index (χ4v) is 3.61. The molecule has 1 unspecified atom stereocenters. The molecule has 2 fully saturated rings. The molecule has 3 amide bonds. The van der Waals surface area contributed by atoms with Gasteiger partial charge in [-0.05, 0) is 40.0 Å². The Hall–Kier alpha value is -1.83. The summed E-state index contributed by atoms with van der Waals surface area (Å²) < 4.78 is 5.46. The summed E-state index contributed by atoms with van der Waals surface area (Å²) in [6.45, 7) is 9.85. The molecule has 160 valence electrons. The van der Waals surface area contributed by atoms with Gasteiger partial charge in [-0.1, -0.05) is 0 Å². The van der Waals surface area contributed by atoms with E-state index in [1.165, 1.54) is 0 Å². The van der Waals surface area contributed by atoms with Crippen molar-refractivity contribution in [2.24, 2.45) is 5.92 Å². The van der Waals surface area contributed by atoms with E-state index >= 15 is 0 Å². The number of rotatable bonds is 3. The average Bonchev–Trinajstić information content (AvgIpc) is 2.85. The van der Waals surface area contributed by atoms with Crippen molar-refractivity contribution in [3.8, 4) is 0 Å². The molecule has 2 heterocycles. The first-order valence-electron chi connectivity index (χ1n) is 10.3. The SMILES string of the molecule is CN(C)C(=O)CN1CCCN(C(=O)C2CCCN(C(=O)OC(C)(C)C)C2)CC1. The van der Waals surface area contributed by atoms with Gasteiger partial charge >= 0.3 is 6.09 Å². The second-order valence-corrected chi connectivity index (χ2v) is 9.01. The van der Waals surface area contributed by atoms with E-state index in [1.54, 1.807) is 23.9 Å². The number of carbonyl (C=O) groups is 3. The molecular weight excluding hydrogens is 360 g/mol. The predicted octanol–water partition coefficient (Wildman–Crippen LogP) is 1.26. The Morgan fingerprint density at radius 3 is 2.29 bits per heavy atom. The van der Waals surface area contributed by atoms with Gasteiger partial charge in [-0.25, -0.2) is 4.79 Å². The molecule has 8 heteroatoms. The maximum atomic E-state index is 13.0. The zero-order chi connectivity index (χ0) is 20.9. The Balaban J connectivity index is 1.89. The summed E-state index contributed by atoms with van der Waals surface area (Å²) in [6, 6.07) is 0. The van der Waals surface area contributed by atoms with Gasteiger partial charge in [-0.3, -0.25) is 14.5 Å². The lowest BCUT2D eigenvalue weighted by molar-refractivity contribution is -0.137. The van der Waals surface area contributed by atoms with Crippen LogP contribution in [0.4, 0.5) is 4.79 Å². The highest BCUT2D eigenvalue weighted by Gasteiger charge is 2.33.